The summed E-state index contributed by atoms with van der Waals surface area (Å²) in [6, 6.07) is 7.56. The predicted octanol–water partition coefficient (Wildman–Crippen LogP) is 3.26. The van der Waals surface area contributed by atoms with Gasteiger partial charge in [-0.3, -0.25) is 4.79 Å². The molecule has 1 aromatic heterocycles. The highest BCUT2D eigenvalue weighted by Gasteiger charge is 2.30. The molecule has 6 nitrogen and oxygen atoms in total. The van der Waals surface area contributed by atoms with Crippen molar-refractivity contribution >= 4 is 27.8 Å². The van der Waals surface area contributed by atoms with Gasteiger partial charge in [0.15, 0.2) is 5.69 Å². The molecule has 7 heteroatoms. The number of carbonyl (C=O) groups is 2. The molecule has 1 N–H and O–H groups in total. The molecular formula is C18H20BrN3O3. The Balaban J connectivity index is 1.97. The molecule has 1 aliphatic heterocycles. The largest absolute Gasteiger partial charge is 0.476 e. The summed E-state index contributed by atoms with van der Waals surface area (Å²) in [5.74, 6) is -0.725. The van der Waals surface area contributed by atoms with E-state index in [0.717, 1.165) is 15.9 Å². The molecule has 1 amide bonds. The first-order valence-corrected chi connectivity index (χ1v) is 9.04. The summed E-state index contributed by atoms with van der Waals surface area (Å²) in [5.41, 5.74) is 2.35. The van der Waals surface area contributed by atoms with E-state index in [9.17, 15) is 14.7 Å². The highest BCUT2D eigenvalue weighted by Crippen LogP contribution is 2.27. The Morgan fingerprint density at radius 1 is 1.28 bits per heavy atom. The van der Waals surface area contributed by atoms with Crippen molar-refractivity contribution in [1.29, 1.82) is 0 Å². The van der Waals surface area contributed by atoms with Gasteiger partial charge in [-0.15, -0.1) is 0 Å². The van der Waals surface area contributed by atoms with Crippen LogP contribution in [-0.4, -0.2) is 38.2 Å². The van der Waals surface area contributed by atoms with Crippen LogP contribution in [0.25, 0.3) is 5.69 Å². The van der Waals surface area contributed by atoms with Crippen LogP contribution in [-0.2, 0) is 17.8 Å². The van der Waals surface area contributed by atoms with Gasteiger partial charge in [-0.2, -0.15) is 5.10 Å². The van der Waals surface area contributed by atoms with Gasteiger partial charge in [-0.05, 0) is 30.2 Å². The molecule has 25 heavy (non-hydrogen) atoms. The Hall–Kier alpha value is -2.15. The summed E-state index contributed by atoms with van der Waals surface area (Å²) in [6.45, 7) is 4.89. The number of aromatic nitrogens is 2. The molecule has 0 spiro atoms. The summed E-state index contributed by atoms with van der Waals surface area (Å²) in [7, 11) is 0. The first-order chi connectivity index (χ1) is 11.9. The number of aromatic carboxylic acids is 1. The Kier molecular flexibility index (Phi) is 4.94. The number of rotatable bonds is 4. The molecule has 1 aliphatic rings. The molecule has 0 radical (unpaired) electrons. The first kappa shape index (κ1) is 17.7. The maximum atomic E-state index is 12.4. The summed E-state index contributed by atoms with van der Waals surface area (Å²) in [4.78, 5) is 25.7. The van der Waals surface area contributed by atoms with Crippen LogP contribution in [0, 0.1) is 5.92 Å². The molecule has 0 bridgehead atoms. The Morgan fingerprint density at radius 3 is 2.56 bits per heavy atom. The Morgan fingerprint density at radius 2 is 1.96 bits per heavy atom. The average molecular weight is 406 g/mol. The number of benzene rings is 1. The molecule has 3 rings (SSSR count). The number of amides is 1. The SMILES string of the molecule is CC(C)CC(=O)N1CCc2c(c(C(=O)O)nn2-c2ccc(Br)cc2)C1. The minimum absolute atomic E-state index is 0.0277. The lowest BCUT2D eigenvalue weighted by molar-refractivity contribution is -0.132. The van der Waals surface area contributed by atoms with E-state index in [2.05, 4.69) is 21.0 Å². The van der Waals surface area contributed by atoms with Crippen LogP contribution in [0.1, 0.15) is 42.0 Å². The maximum absolute atomic E-state index is 12.4. The van der Waals surface area contributed by atoms with Crippen molar-refractivity contribution in [3.8, 4) is 5.69 Å². The van der Waals surface area contributed by atoms with Gasteiger partial charge in [0.05, 0.1) is 11.4 Å². The highest BCUT2D eigenvalue weighted by molar-refractivity contribution is 9.10. The first-order valence-electron chi connectivity index (χ1n) is 8.24. The molecule has 0 saturated heterocycles. The van der Waals surface area contributed by atoms with E-state index in [0.29, 0.717) is 31.5 Å². The van der Waals surface area contributed by atoms with Crippen molar-refractivity contribution in [2.45, 2.75) is 33.2 Å². The van der Waals surface area contributed by atoms with Crippen LogP contribution < -0.4 is 0 Å². The molecule has 132 valence electrons. The fourth-order valence-electron chi connectivity index (χ4n) is 3.08. The van der Waals surface area contributed by atoms with Gasteiger partial charge in [-0.1, -0.05) is 29.8 Å². The average Bonchev–Trinajstić information content (AvgIpc) is 2.94. The van der Waals surface area contributed by atoms with Gasteiger partial charge in [0.25, 0.3) is 0 Å². The number of nitrogens with zero attached hydrogens (tertiary/aromatic N) is 3. The van der Waals surface area contributed by atoms with Crippen LogP contribution in [0.3, 0.4) is 0 Å². The van der Waals surface area contributed by atoms with Crippen molar-refractivity contribution in [1.82, 2.24) is 14.7 Å². The number of carboxylic acids is 1. The number of halogens is 1. The lowest BCUT2D eigenvalue weighted by Gasteiger charge is -2.28. The predicted molar refractivity (Wildman–Crippen MR) is 96.8 cm³/mol. The molecule has 0 saturated carbocycles. The fraction of sp³-hybridized carbons (Fsp3) is 0.389. The number of fused-ring (bicyclic) bond motifs is 1. The normalized spacial score (nSPS) is 13.8. The van der Waals surface area contributed by atoms with Crippen LogP contribution in [0.5, 0.6) is 0 Å². The number of hydrogen-bond acceptors (Lipinski definition) is 3. The fourth-order valence-corrected chi connectivity index (χ4v) is 3.34. The van der Waals surface area contributed by atoms with E-state index >= 15 is 0 Å². The van der Waals surface area contributed by atoms with Crippen molar-refractivity contribution in [3.63, 3.8) is 0 Å². The zero-order valence-electron chi connectivity index (χ0n) is 14.2. The van der Waals surface area contributed by atoms with E-state index in [4.69, 9.17) is 0 Å². The lowest BCUT2D eigenvalue weighted by Crippen LogP contribution is -2.37. The van der Waals surface area contributed by atoms with E-state index in [1.165, 1.54) is 0 Å². The quantitative estimate of drug-likeness (QED) is 0.846. The second-order valence-electron chi connectivity index (χ2n) is 6.63. The van der Waals surface area contributed by atoms with E-state index < -0.39 is 5.97 Å². The third-order valence-corrected chi connectivity index (χ3v) is 4.80. The summed E-state index contributed by atoms with van der Waals surface area (Å²) < 4.78 is 2.64. The Labute approximate surface area is 154 Å². The van der Waals surface area contributed by atoms with Crippen molar-refractivity contribution in [3.05, 3.63) is 45.7 Å². The Bertz CT molecular complexity index is 812. The third-order valence-electron chi connectivity index (χ3n) is 4.27. The number of carboxylic acid groups (broad SMARTS) is 1. The highest BCUT2D eigenvalue weighted by atomic mass is 79.9. The van der Waals surface area contributed by atoms with Gasteiger partial charge >= 0.3 is 5.97 Å². The molecule has 0 atom stereocenters. The second-order valence-corrected chi connectivity index (χ2v) is 7.55. The van der Waals surface area contributed by atoms with Gasteiger partial charge in [0, 0.05) is 36.0 Å². The summed E-state index contributed by atoms with van der Waals surface area (Å²) >= 11 is 3.40. The molecule has 2 heterocycles. The molecular weight excluding hydrogens is 386 g/mol. The van der Waals surface area contributed by atoms with Crippen LogP contribution in [0.15, 0.2) is 28.7 Å². The van der Waals surface area contributed by atoms with Crippen LogP contribution in [0.4, 0.5) is 0 Å². The topological polar surface area (TPSA) is 75.4 Å². The van der Waals surface area contributed by atoms with Crippen molar-refractivity contribution in [2.24, 2.45) is 5.92 Å². The summed E-state index contributed by atoms with van der Waals surface area (Å²) in [5, 5.41) is 13.8. The lowest BCUT2D eigenvalue weighted by atomic mass is 10.0. The number of carbonyl (C=O) groups excluding carboxylic acids is 1. The molecule has 0 aliphatic carbocycles. The minimum atomic E-state index is -1.06. The van der Waals surface area contributed by atoms with Crippen molar-refractivity contribution < 1.29 is 14.7 Å². The van der Waals surface area contributed by atoms with Gasteiger partial charge in [0.2, 0.25) is 5.91 Å². The minimum Gasteiger partial charge on any atom is -0.476 e. The van der Waals surface area contributed by atoms with Gasteiger partial charge < -0.3 is 10.0 Å². The van der Waals surface area contributed by atoms with E-state index in [1.807, 2.05) is 38.1 Å². The second kappa shape index (κ2) is 7.00. The molecule has 0 fully saturated rings. The van der Waals surface area contributed by atoms with E-state index in [-0.39, 0.29) is 17.5 Å². The standard InChI is InChI=1S/C18H20BrN3O3/c1-11(2)9-16(23)21-8-7-15-14(10-21)17(18(24)25)20-22(15)13-5-3-12(19)4-6-13/h3-6,11H,7-10H2,1-2H3,(H,24,25). The third kappa shape index (κ3) is 3.61. The monoisotopic (exact) mass is 405 g/mol. The summed E-state index contributed by atoms with van der Waals surface area (Å²) in [6.07, 6.45) is 1.06. The smallest absolute Gasteiger partial charge is 0.356 e. The maximum Gasteiger partial charge on any atom is 0.356 e. The van der Waals surface area contributed by atoms with Gasteiger partial charge in [0.1, 0.15) is 0 Å². The molecule has 2 aromatic rings. The van der Waals surface area contributed by atoms with E-state index in [1.54, 1.807) is 9.58 Å². The molecule has 0 unspecified atom stereocenters. The molecule has 1 aromatic carbocycles. The number of hydrogen-bond donors (Lipinski definition) is 1. The van der Waals surface area contributed by atoms with Crippen LogP contribution in [0.2, 0.25) is 0 Å². The zero-order valence-corrected chi connectivity index (χ0v) is 15.8. The van der Waals surface area contributed by atoms with Gasteiger partial charge in [-0.25, -0.2) is 9.48 Å². The zero-order chi connectivity index (χ0) is 18.1. The van der Waals surface area contributed by atoms with Crippen molar-refractivity contribution in [2.75, 3.05) is 6.54 Å². The van der Waals surface area contributed by atoms with Crippen LogP contribution >= 0.6 is 15.9 Å².